The first-order valence-electron chi connectivity index (χ1n) is 10.8. The predicted octanol–water partition coefficient (Wildman–Crippen LogP) is 2.88. The summed E-state index contributed by atoms with van der Waals surface area (Å²) in [6.07, 6.45) is 3.45. The topological polar surface area (TPSA) is 82.9 Å². The van der Waals surface area contributed by atoms with Crippen LogP contribution in [0.5, 0.6) is 5.75 Å². The van der Waals surface area contributed by atoms with Crippen LogP contribution in [0.1, 0.15) is 64.6 Å². The third-order valence-corrected chi connectivity index (χ3v) is 6.37. The van der Waals surface area contributed by atoms with E-state index in [9.17, 15) is 28.3 Å². The molecule has 0 unspecified atom stereocenters. The zero-order valence-corrected chi connectivity index (χ0v) is 18.0. The number of aromatic nitrogens is 1. The highest BCUT2D eigenvalue weighted by atomic mass is 19.1. The normalized spacial score (nSPS) is 17.9. The Labute approximate surface area is 183 Å². The van der Waals surface area contributed by atoms with Crippen LogP contribution in [0.2, 0.25) is 0 Å². The Morgan fingerprint density at radius 3 is 2.69 bits per heavy atom. The van der Waals surface area contributed by atoms with Gasteiger partial charge in [0.25, 0.3) is 5.91 Å². The van der Waals surface area contributed by atoms with Gasteiger partial charge in [0.2, 0.25) is 5.43 Å². The van der Waals surface area contributed by atoms with Crippen molar-refractivity contribution in [2.75, 3.05) is 18.1 Å². The van der Waals surface area contributed by atoms with Gasteiger partial charge in [-0.2, -0.15) is 0 Å². The third kappa shape index (κ3) is 3.45. The van der Waals surface area contributed by atoms with Crippen LogP contribution in [0.3, 0.4) is 0 Å². The number of hydrogen-bond donors (Lipinski definition) is 1. The van der Waals surface area contributed by atoms with E-state index in [1.807, 2.05) is 11.9 Å². The van der Waals surface area contributed by atoms with Crippen LogP contribution < -0.4 is 10.4 Å². The van der Waals surface area contributed by atoms with E-state index < -0.39 is 34.5 Å². The molecule has 9 heteroatoms. The summed E-state index contributed by atoms with van der Waals surface area (Å²) in [5.41, 5.74) is -1.28. The summed E-state index contributed by atoms with van der Waals surface area (Å²) in [5.74, 6) is -3.18. The van der Waals surface area contributed by atoms with Crippen LogP contribution in [0.15, 0.2) is 23.1 Å². The van der Waals surface area contributed by atoms with Gasteiger partial charge < -0.3 is 10.0 Å². The number of nitrogens with zero attached hydrogens (tertiary/aromatic N) is 3. The summed E-state index contributed by atoms with van der Waals surface area (Å²) < 4.78 is 29.2. The second-order valence-corrected chi connectivity index (χ2v) is 8.21. The second kappa shape index (κ2) is 8.37. The van der Waals surface area contributed by atoms with Crippen molar-refractivity contribution in [2.45, 2.75) is 52.1 Å². The minimum Gasteiger partial charge on any atom is -0.502 e. The van der Waals surface area contributed by atoms with E-state index in [4.69, 9.17) is 0 Å². The van der Waals surface area contributed by atoms with Gasteiger partial charge in [0, 0.05) is 31.3 Å². The van der Waals surface area contributed by atoms with Gasteiger partial charge in [0.15, 0.2) is 17.2 Å². The molecular formula is C23H25F2N3O4. The molecule has 0 saturated carbocycles. The van der Waals surface area contributed by atoms with E-state index in [1.165, 1.54) is 23.9 Å². The number of rotatable bonds is 5. The minimum absolute atomic E-state index is 0.0252. The van der Waals surface area contributed by atoms with Crippen molar-refractivity contribution >= 4 is 11.7 Å². The van der Waals surface area contributed by atoms with Crippen LogP contribution in [0, 0.1) is 18.6 Å². The lowest BCUT2D eigenvalue weighted by Gasteiger charge is -2.48. The van der Waals surface area contributed by atoms with Gasteiger partial charge in [-0.3, -0.25) is 24.1 Å². The van der Waals surface area contributed by atoms with Crippen LogP contribution >= 0.6 is 0 Å². The lowest BCUT2D eigenvalue weighted by Crippen LogP contribution is -2.63. The van der Waals surface area contributed by atoms with Crippen molar-refractivity contribution in [3.05, 3.63) is 62.6 Å². The van der Waals surface area contributed by atoms with Crippen molar-refractivity contribution in [1.29, 1.82) is 0 Å². The number of fused-ring (bicyclic) bond motifs is 3. The molecule has 0 bridgehead atoms. The monoisotopic (exact) mass is 445 g/mol. The van der Waals surface area contributed by atoms with Crippen LogP contribution in [-0.4, -0.2) is 45.6 Å². The summed E-state index contributed by atoms with van der Waals surface area (Å²) in [5, 5.41) is 12.5. The van der Waals surface area contributed by atoms with Crippen molar-refractivity contribution < 1.29 is 23.5 Å². The first-order valence-corrected chi connectivity index (χ1v) is 10.8. The molecule has 4 rings (SSSR count). The number of amides is 1. The number of halogens is 2. The zero-order valence-electron chi connectivity index (χ0n) is 18.0. The van der Waals surface area contributed by atoms with Crippen LogP contribution in [0.25, 0.3) is 0 Å². The molecule has 170 valence electrons. The summed E-state index contributed by atoms with van der Waals surface area (Å²) in [7, 11) is 0. The average molecular weight is 445 g/mol. The predicted molar refractivity (Wildman–Crippen MR) is 114 cm³/mol. The Hall–Kier alpha value is -3.23. The van der Waals surface area contributed by atoms with E-state index >= 15 is 0 Å². The van der Waals surface area contributed by atoms with E-state index in [0.29, 0.717) is 13.1 Å². The number of Topliss-reactive ketones (excluding diaryl/α,β-unsaturated/α-hetero) is 1. The number of ketones is 1. The molecule has 0 spiro atoms. The van der Waals surface area contributed by atoms with Gasteiger partial charge in [-0.25, -0.2) is 8.78 Å². The van der Waals surface area contributed by atoms with Gasteiger partial charge in [-0.15, -0.1) is 0 Å². The maximum atomic E-state index is 14.3. The van der Waals surface area contributed by atoms with Crippen molar-refractivity contribution in [3.63, 3.8) is 0 Å². The standard InChI is InChI=1S/C23H25F2N3O4/c1-3-26-18-6-4-5-11-27(18)28-12-15(21(30)22(31)20(28)23(26)32)17(29)10-8-14-7-9-16(24)13(2)19(14)25/h7,9,12,18,31H,3-6,8,10-11H2,1-2H3/t18-/m0/s1. The van der Waals surface area contributed by atoms with E-state index in [0.717, 1.165) is 25.3 Å². The second-order valence-electron chi connectivity index (χ2n) is 8.21. The molecule has 1 aromatic carbocycles. The van der Waals surface area contributed by atoms with Crippen molar-refractivity contribution in [3.8, 4) is 5.75 Å². The van der Waals surface area contributed by atoms with Crippen molar-refractivity contribution in [1.82, 2.24) is 9.58 Å². The molecule has 2 aromatic rings. The number of carbonyl (C=O) groups excluding carboxylic acids is 2. The van der Waals surface area contributed by atoms with E-state index in [2.05, 4.69) is 0 Å². The molecule has 0 radical (unpaired) electrons. The minimum atomic E-state index is -0.920. The first kappa shape index (κ1) is 22.0. The van der Waals surface area contributed by atoms with Gasteiger partial charge in [-0.05, 0) is 51.2 Å². The lowest BCUT2D eigenvalue weighted by molar-refractivity contribution is 0.0534. The summed E-state index contributed by atoms with van der Waals surface area (Å²) in [6, 6.07) is 2.41. The van der Waals surface area contributed by atoms with Gasteiger partial charge in [-0.1, -0.05) is 6.07 Å². The maximum absolute atomic E-state index is 14.3. The number of carbonyl (C=O) groups is 2. The Morgan fingerprint density at radius 2 is 1.97 bits per heavy atom. The fourth-order valence-corrected chi connectivity index (χ4v) is 4.58. The molecule has 3 heterocycles. The highest BCUT2D eigenvalue weighted by Gasteiger charge is 2.40. The van der Waals surface area contributed by atoms with E-state index in [1.54, 1.807) is 4.90 Å². The van der Waals surface area contributed by atoms with Crippen molar-refractivity contribution in [2.24, 2.45) is 0 Å². The number of hydrogen-bond acceptors (Lipinski definition) is 5. The highest BCUT2D eigenvalue weighted by molar-refractivity contribution is 6.00. The first-order chi connectivity index (χ1) is 15.3. The maximum Gasteiger partial charge on any atom is 0.278 e. The zero-order chi connectivity index (χ0) is 23.2. The molecule has 1 N–H and O–H groups in total. The highest BCUT2D eigenvalue weighted by Crippen LogP contribution is 2.29. The molecule has 0 aliphatic carbocycles. The summed E-state index contributed by atoms with van der Waals surface area (Å²) in [6.45, 7) is 4.19. The lowest BCUT2D eigenvalue weighted by atomic mass is 10.00. The van der Waals surface area contributed by atoms with Crippen LogP contribution in [-0.2, 0) is 6.42 Å². The Bertz CT molecular complexity index is 1160. The number of pyridine rings is 1. The summed E-state index contributed by atoms with van der Waals surface area (Å²) >= 11 is 0. The smallest absolute Gasteiger partial charge is 0.278 e. The molecule has 1 aromatic heterocycles. The van der Waals surface area contributed by atoms with Gasteiger partial charge >= 0.3 is 0 Å². The van der Waals surface area contributed by atoms with Crippen LogP contribution in [0.4, 0.5) is 8.78 Å². The fourth-order valence-electron chi connectivity index (χ4n) is 4.58. The Balaban J connectivity index is 1.69. The largest absolute Gasteiger partial charge is 0.502 e. The number of aromatic hydroxyl groups is 1. The Kier molecular flexibility index (Phi) is 5.75. The third-order valence-electron chi connectivity index (χ3n) is 6.37. The molecule has 1 amide bonds. The summed E-state index contributed by atoms with van der Waals surface area (Å²) in [4.78, 5) is 40.2. The molecule has 1 atom stereocenters. The molecule has 2 aliphatic heterocycles. The molecule has 1 saturated heterocycles. The molecule has 7 nitrogen and oxygen atoms in total. The number of benzene rings is 1. The van der Waals surface area contributed by atoms with Gasteiger partial charge in [0.05, 0.1) is 5.56 Å². The molecule has 32 heavy (non-hydrogen) atoms. The number of piperidine rings is 1. The molecular weight excluding hydrogens is 420 g/mol. The Morgan fingerprint density at radius 1 is 1.22 bits per heavy atom. The van der Waals surface area contributed by atoms with Gasteiger partial charge in [0.1, 0.15) is 17.8 Å². The SMILES string of the molecule is CCN1C(=O)c2c(O)c(=O)c(C(=O)CCc3ccc(F)c(C)c3F)cn2N2CCCC[C@@H]12. The average Bonchev–Trinajstić information content (AvgIpc) is 2.79. The molecule has 1 fully saturated rings. The fraction of sp³-hybridized carbons (Fsp3) is 0.435. The number of aryl methyl sites for hydroxylation is 1. The molecule has 2 aliphatic rings. The quantitative estimate of drug-likeness (QED) is 0.716. The van der Waals surface area contributed by atoms with E-state index in [-0.39, 0.29) is 41.4 Å².